The van der Waals surface area contributed by atoms with Gasteiger partial charge in [0.2, 0.25) is 21.8 Å². The lowest BCUT2D eigenvalue weighted by atomic mass is 10.1. The number of sulfonamides is 1. The van der Waals surface area contributed by atoms with Gasteiger partial charge in [-0.2, -0.15) is 0 Å². The highest BCUT2D eigenvalue weighted by Gasteiger charge is 2.30. The zero-order valence-electron chi connectivity index (χ0n) is 20.0. The van der Waals surface area contributed by atoms with Crippen molar-refractivity contribution in [2.75, 3.05) is 30.3 Å². The van der Waals surface area contributed by atoms with Crippen LogP contribution >= 0.6 is 0 Å². The first-order valence-corrected chi connectivity index (χ1v) is 12.9. The van der Waals surface area contributed by atoms with Crippen LogP contribution in [-0.2, 0) is 26.2 Å². The van der Waals surface area contributed by atoms with Gasteiger partial charge in [-0.15, -0.1) is 0 Å². The number of nitrogens with one attached hydrogen (secondary N) is 1. The Bertz CT molecular complexity index is 1080. The highest BCUT2D eigenvalue weighted by atomic mass is 32.2. The standard InChI is InChI=1S/C24H32FN3O5S/c1-5-15-26-24(30)18(3)27(16-19-9-7-8-10-22(19)25)23(29)17-28(34(4,31)32)20-11-13-21(14-12-20)33-6-2/h7-14,18H,5-6,15-17H2,1-4H3,(H,26,30)/t18-/m0/s1. The van der Waals surface area contributed by atoms with Crippen molar-refractivity contribution in [3.63, 3.8) is 0 Å². The number of amides is 2. The molecule has 0 bridgehead atoms. The number of rotatable bonds is 12. The predicted octanol–water partition coefficient (Wildman–Crippen LogP) is 2.93. The van der Waals surface area contributed by atoms with Crippen LogP contribution in [0.25, 0.3) is 0 Å². The van der Waals surface area contributed by atoms with E-state index in [1.807, 2.05) is 13.8 Å². The Balaban J connectivity index is 2.36. The Hall–Kier alpha value is -3.14. The molecule has 0 heterocycles. The van der Waals surface area contributed by atoms with Crippen LogP contribution in [0, 0.1) is 5.82 Å². The number of hydrogen-bond donors (Lipinski definition) is 1. The first-order valence-electron chi connectivity index (χ1n) is 11.1. The third-order valence-corrected chi connectivity index (χ3v) is 6.27. The Kier molecular flexibility index (Phi) is 9.85. The molecule has 0 aliphatic carbocycles. The number of nitrogens with zero attached hydrogens (tertiary/aromatic N) is 2. The molecular weight excluding hydrogens is 461 g/mol. The average Bonchev–Trinajstić information content (AvgIpc) is 2.80. The number of halogens is 1. The van der Waals surface area contributed by atoms with E-state index < -0.39 is 40.2 Å². The molecule has 2 amide bonds. The van der Waals surface area contributed by atoms with Crippen molar-refractivity contribution in [3.05, 3.63) is 59.9 Å². The molecule has 34 heavy (non-hydrogen) atoms. The zero-order chi connectivity index (χ0) is 25.3. The molecule has 2 rings (SSSR count). The first-order chi connectivity index (χ1) is 16.1. The van der Waals surface area contributed by atoms with Crippen molar-refractivity contribution in [1.82, 2.24) is 10.2 Å². The third kappa shape index (κ3) is 7.44. The lowest BCUT2D eigenvalue weighted by molar-refractivity contribution is -0.139. The molecule has 8 nitrogen and oxygen atoms in total. The van der Waals surface area contributed by atoms with Gasteiger partial charge in [0.1, 0.15) is 24.2 Å². The van der Waals surface area contributed by atoms with Crippen molar-refractivity contribution in [2.45, 2.75) is 39.8 Å². The van der Waals surface area contributed by atoms with Crippen LogP contribution in [0.15, 0.2) is 48.5 Å². The van der Waals surface area contributed by atoms with Gasteiger partial charge in [-0.05, 0) is 50.6 Å². The van der Waals surface area contributed by atoms with Crippen LogP contribution in [-0.4, -0.2) is 57.1 Å². The number of carbonyl (C=O) groups is 2. The second kappa shape index (κ2) is 12.4. The molecule has 10 heteroatoms. The lowest BCUT2D eigenvalue weighted by Gasteiger charge is -2.31. The summed E-state index contributed by atoms with van der Waals surface area (Å²) < 4.78 is 45.8. The summed E-state index contributed by atoms with van der Waals surface area (Å²) in [5.74, 6) is -0.999. The summed E-state index contributed by atoms with van der Waals surface area (Å²) >= 11 is 0. The number of ether oxygens (including phenoxy) is 1. The summed E-state index contributed by atoms with van der Waals surface area (Å²) in [6, 6.07) is 11.3. The van der Waals surface area contributed by atoms with Crippen LogP contribution in [0.5, 0.6) is 5.75 Å². The number of benzene rings is 2. The summed E-state index contributed by atoms with van der Waals surface area (Å²) in [4.78, 5) is 27.2. The van der Waals surface area contributed by atoms with Gasteiger partial charge >= 0.3 is 0 Å². The molecule has 0 fully saturated rings. The fraction of sp³-hybridized carbons (Fsp3) is 0.417. The fourth-order valence-corrected chi connectivity index (χ4v) is 4.13. The van der Waals surface area contributed by atoms with E-state index in [9.17, 15) is 22.4 Å². The van der Waals surface area contributed by atoms with Crippen molar-refractivity contribution in [3.8, 4) is 5.75 Å². The predicted molar refractivity (Wildman–Crippen MR) is 130 cm³/mol. The Morgan fingerprint density at radius 2 is 1.74 bits per heavy atom. The molecule has 0 aliphatic heterocycles. The minimum Gasteiger partial charge on any atom is -0.494 e. The second-order valence-corrected chi connectivity index (χ2v) is 9.68. The van der Waals surface area contributed by atoms with Crippen LogP contribution in [0.4, 0.5) is 10.1 Å². The third-order valence-electron chi connectivity index (χ3n) is 5.13. The van der Waals surface area contributed by atoms with Gasteiger partial charge in [0.05, 0.1) is 18.6 Å². The maximum absolute atomic E-state index is 14.3. The van der Waals surface area contributed by atoms with E-state index in [2.05, 4.69) is 5.32 Å². The minimum atomic E-state index is -3.84. The monoisotopic (exact) mass is 493 g/mol. The molecule has 0 saturated heterocycles. The minimum absolute atomic E-state index is 0.187. The van der Waals surface area contributed by atoms with Crippen LogP contribution in [0.3, 0.4) is 0 Å². The number of carbonyl (C=O) groups excluding carboxylic acids is 2. The van der Waals surface area contributed by atoms with E-state index in [0.29, 0.717) is 25.3 Å². The highest BCUT2D eigenvalue weighted by Crippen LogP contribution is 2.22. The number of anilines is 1. The summed E-state index contributed by atoms with van der Waals surface area (Å²) in [5, 5.41) is 2.73. The Morgan fingerprint density at radius 3 is 2.29 bits per heavy atom. The first kappa shape index (κ1) is 27.1. The molecule has 0 radical (unpaired) electrons. The molecule has 0 saturated carbocycles. The fourth-order valence-electron chi connectivity index (χ4n) is 3.28. The lowest BCUT2D eigenvalue weighted by Crippen LogP contribution is -2.51. The van der Waals surface area contributed by atoms with E-state index in [0.717, 1.165) is 10.6 Å². The summed E-state index contributed by atoms with van der Waals surface area (Å²) in [6.45, 7) is 5.40. The molecule has 0 spiro atoms. The molecule has 2 aromatic rings. The van der Waals surface area contributed by atoms with Crippen molar-refractivity contribution in [1.29, 1.82) is 0 Å². The van der Waals surface area contributed by atoms with Crippen LogP contribution in [0.1, 0.15) is 32.8 Å². The van der Waals surface area contributed by atoms with Gasteiger partial charge < -0.3 is 15.0 Å². The van der Waals surface area contributed by atoms with Crippen LogP contribution in [0.2, 0.25) is 0 Å². The topological polar surface area (TPSA) is 96.0 Å². The molecule has 0 aromatic heterocycles. The molecular formula is C24H32FN3O5S. The largest absolute Gasteiger partial charge is 0.494 e. The van der Waals surface area contributed by atoms with E-state index in [1.54, 1.807) is 18.2 Å². The van der Waals surface area contributed by atoms with Gasteiger partial charge in [0, 0.05) is 18.7 Å². The highest BCUT2D eigenvalue weighted by molar-refractivity contribution is 7.92. The normalized spacial score (nSPS) is 12.0. The van der Waals surface area contributed by atoms with Crippen LogP contribution < -0.4 is 14.4 Å². The molecule has 0 aliphatic rings. The molecule has 0 unspecified atom stereocenters. The average molecular weight is 494 g/mol. The van der Waals surface area contributed by atoms with Gasteiger partial charge in [-0.3, -0.25) is 13.9 Å². The molecule has 2 aromatic carbocycles. The van der Waals surface area contributed by atoms with Gasteiger partial charge in [0.25, 0.3) is 0 Å². The number of hydrogen-bond acceptors (Lipinski definition) is 5. The molecule has 1 N–H and O–H groups in total. The summed E-state index contributed by atoms with van der Waals surface area (Å²) in [6.07, 6.45) is 1.70. The molecule has 186 valence electrons. The SMILES string of the molecule is CCCNC(=O)[C@H](C)N(Cc1ccccc1F)C(=O)CN(c1ccc(OCC)cc1)S(C)(=O)=O. The zero-order valence-corrected chi connectivity index (χ0v) is 20.8. The maximum Gasteiger partial charge on any atom is 0.244 e. The van der Waals surface area contributed by atoms with E-state index in [1.165, 1.54) is 42.2 Å². The Labute approximate surface area is 200 Å². The van der Waals surface area contributed by atoms with E-state index in [-0.39, 0.29) is 17.8 Å². The Morgan fingerprint density at radius 1 is 1.09 bits per heavy atom. The summed E-state index contributed by atoms with van der Waals surface area (Å²) in [5.41, 5.74) is 0.492. The van der Waals surface area contributed by atoms with Crippen molar-refractivity contribution < 1.29 is 27.1 Å². The van der Waals surface area contributed by atoms with E-state index in [4.69, 9.17) is 4.74 Å². The van der Waals surface area contributed by atoms with Crippen molar-refractivity contribution >= 4 is 27.5 Å². The smallest absolute Gasteiger partial charge is 0.244 e. The van der Waals surface area contributed by atoms with Crippen molar-refractivity contribution in [2.24, 2.45) is 0 Å². The molecule has 1 atom stereocenters. The quantitative estimate of drug-likeness (QED) is 0.491. The van der Waals surface area contributed by atoms with Gasteiger partial charge in [0.15, 0.2) is 0 Å². The van der Waals surface area contributed by atoms with E-state index >= 15 is 0 Å². The maximum atomic E-state index is 14.3. The summed E-state index contributed by atoms with van der Waals surface area (Å²) in [7, 11) is -3.84. The second-order valence-electron chi connectivity index (χ2n) is 7.78. The van der Waals surface area contributed by atoms with Gasteiger partial charge in [-0.25, -0.2) is 12.8 Å². The van der Waals surface area contributed by atoms with Gasteiger partial charge in [-0.1, -0.05) is 25.1 Å².